The van der Waals surface area contributed by atoms with E-state index in [0.29, 0.717) is 17.6 Å². The van der Waals surface area contributed by atoms with Crippen LogP contribution in [0.1, 0.15) is 36.1 Å². The number of nitrogens with zero attached hydrogens (tertiary/aromatic N) is 5. The third-order valence-electron chi connectivity index (χ3n) is 7.42. The van der Waals surface area contributed by atoms with Crippen LogP contribution in [0.15, 0.2) is 48.7 Å². The maximum Gasteiger partial charge on any atom is 0.101 e. The molecule has 1 N–H and O–H groups in total. The lowest BCUT2D eigenvalue weighted by molar-refractivity contribution is 0.134. The van der Waals surface area contributed by atoms with Crippen molar-refractivity contribution in [2.45, 2.75) is 38.1 Å². The van der Waals surface area contributed by atoms with E-state index in [4.69, 9.17) is 0 Å². The summed E-state index contributed by atoms with van der Waals surface area (Å²) in [6, 6.07) is 17.9. The van der Waals surface area contributed by atoms with E-state index in [1.807, 2.05) is 12.1 Å². The fraction of sp³-hybridized carbons (Fsp3) is 0.385. The fourth-order valence-electron chi connectivity index (χ4n) is 5.81. The highest BCUT2D eigenvalue weighted by Crippen LogP contribution is 2.42. The Balaban J connectivity index is 1.33. The Morgan fingerprint density at radius 2 is 2.00 bits per heavy atom. The molecular formula is C26H27N5O. The fourth-order valence-corrected chi connectivity index (χ4v) is 5.81. The van der Waals surface area contributed by atoms with E-state index in [9.17, 15) is 10.4 Å². The zero-order chi connectivity index (χ0) is 21.8. The van der Waals surface area contributed by atoms with E-state index in [1.54, 1.807) is 6.20 Å². The average molecular weight is 426 g/mol. The van der Waals surface area contributed by atoms with Gasteiger partial charge in [0.05, 0.1) is 23.2 Å². The Kier molecular flexibility index (Phi) is 4.56. The van der Waals surface area contributed by atoms with Gasteiger partial charge in [0.2, 0.25) is 0 Å². The van der Waals surface area contributed by atoms with Gasteiger partial charge in [0.1, 0.15) is 6.07 Å². The molecule has 3 aliphatic heterocycles. The summed E-state index contributed by atoms with van der Waals surface area (Å²) in [5, 5.41) is 20.5. The highest BCUT2D eigenvalue weighted by Gasteiger charge is 2.39. The first-order valence-electron chi connectivity index (χ1n) is 11.5. The molecule has 2 saturated heterocycles. The van der Waals surface area contributed by atoms with Crippen LogP contribution in [-0.4, -0.2) is 53.3 Å². The number of nitriles is 1. The second kappa shape index (κ2) is 7.47. The zero-order valence-corrected chi connectivity index (χ0v) is 18.3. The molecule has 0 amide bonds. The maximum absolute atomic E-state index is 9.93. The van der Waals surface area contributed by atoms with Crippen molar-refractivity contribution < 1.29 is 5.11 Å². The second-order valence-electron chi connectivity index (χ2n) is 9.36. The highest BCUT2D eigenvalue weighted by molar-refractivity contribution is 5.95. The summed E-state index contributed by atoms with van der Waals surface area (Å²) < 4.78 is 0. The Morgan fingerprint density at radius 1 is 1.09 bits per heavy atom. The van der Waals surface area contributed by atoms with E-state index in [1.165, 1.54) is 16.8 Å². The molecule has 162 valence electrons. The number of rotatable bonds is 2. The zero-order valence-electron chi connectivity index (χ0n) is 18.3. The topological polar surface area (TPSA) is 66.6 Å². The van der Waals surface area contributed by atoms with Crippen molar-refractivity contribution in [2.24, 2.45) is 0 Å². The third kappa shape index (κ3) is 3.04. The van der Waals surface area contributed by atoms with Crippen LogP contribution in [0.2, 0.25) is 0 Å². The normalized spacial score (nSPS) is 25.1. The molecule has 6 heteroatoms. The first kappa shape index (κ1) is 19.5. The van der Waals surface area contributed by atoms with Gasteiger partial charge >= 0.3 is 0 Å². The molecule has 0 bridgehead atoms. The molecule has 2 fully saturated rings. The minimum Gasteiger partial charge on any atom is -0.391 e. The van der Waals surface area contributed by atoms with Gasteiger partial charge in [0.25, 0.3) is 0 Å². The van der Waals surface area contributed by atoms with E-state index in [2.05, 4.69) is 63.0 Å². The first-order valence-corrected chi connectivity index (χ1v) is 11.5. The molecule has 0 unspecified atom stereocenters. The van der Waals surface area contributed by atoms with Crippen molar-refractivity contribution in [3.05, 3.63) is 65.4 Å². The molecule has 3 aromatic rings. The van der Waals surface area contributed by atoms with Crippen LogP contribution in [0.3, 0.4) is 0 Å². The van der Waals surface area contributed by atoms with E-state index >= 15 is 0 Å². The molecule has 1 aromatic heterocycles. The Bertz CT molecular complexity index is 1230. The third-order valence-corrected chi connectivity index (χ3v) is 7.42. The van der Waals surface area contributed by atoms with Gasteiger partial charge in [-0.25, -0.2) is 0 Å². The van der Waals surface area contributed by atoms with Crippen LogP contribution >= 0.6 is 0 Å². The standard InChI is InChI=1S/C26H27N5O/c1-17-13-30(24-7-4-18(12-27)26-23(24)3-2-9-28-26)16-25-22-6-5-20(11-19(22)14-31(17)25)29-10-8-21(32)15-29/h2-7,9,11,17,21,25,32H,8,10,13-16H2,1H3/t17-,21-,25-/m1/s1. The number of anilines is 2. The van der Waals surface area contributed by atoms with Crippen LogP contribution in [0.25, 0.3) is 10.9 Å². The number of benzene rings is 2. The molecule has 4 heterocycles. The van der Waals surface area contributed by atoms with E-state index in [-0.39, 0.29) is 6.10 Å². The number of hydrogen-bond donors (Lipinski definition) is 1. The van der Waals surface area contributed by atoms with Crippen molar-refractivity contribution in [3.63, 3.8) is 0 Å². The molecule has 3 atom stereocenters. The van der Waals surface area contributed by atoms with Crippen molar-refractivity contribution in [1.29, 1.82) is 5.26 Å². The molecule has 0 aliphatic carbocycles. The van der Waals surface area contributed by atoms with Crippen LogP contribution in [0, 0.1) is 11.3 Å². The lowest BCUT2D eigenvalue weighted by Gasteiger charge is -2.43. The summed E-state index contributed by atoms with van der Waals surface area (Å²) in [6.07, 6.45) is 2.41. The minimum atomic E-state index is -0.208. The van der Waals surface area contributed by atoms with Gasteiger partial charge in [-0.15, -0.1) is 0 Å². The summed E-state index contributed by atoms with van der Waals surface area (Å²) in [5.41, 5.74) is 6.63. The Morgan fingerprint density at radius 3 is 2.81 bits per heavy atom. The van der Waals surface area contributed by atoms with Crippen molar-refractivity contribution in [1.82, 2.24) is 9.88 Å². The minimum absolute atomic E-state index is 0.208. The van der Waals surface area contributed by atoms with Crippen molar-refractivity contribution in [2.75, 3.05) is 36.0 Å². The first-order chi connectivity index (χ1) is 15.6. The van der Waals surface area contributed by atoms with Gasteiger partial charge in [-0.05, 0) is 60.9 Å². The second-order valence-corrected chi connectivity index (χ2v) is 9.36. The number of piperazine rings is 1. The van der Waals surface area contributed by atoms with Crippen LogP contribution in [-0.2, 0) is 6.54 Å². The Hall–Kier alpha value is -3.14. The van der Waals surface area contributed by atoms with E-state index < -0.39 is 0 Å². The van der Waals surface area contributed by atoms with Gasteiger partial charge in [0, 0.05) is 61.7 Å². The molecule has 0 spiro atoms. The molecule has 0 saturated carbocycles. The summed E-state index contributed by atoms with van der Waals surface area (Å²) in [4.78, 5) is 11.9. The number of pyridine rings is 1. The number of β-amino-alcohol motifs (C(OH)–C–C–N with tert-alkyl or cyclic N) is 1. The molecule has 6 rings (SSSR count). The number of aliphatic hydroxyl groups is 1. The van der Waals surface area contributed by atoms with E-state index in [0.717, 1.165) is 55.7 Å². The SMILES string of the molecule is C[C@@H]1CN(c2ccc(C#N)c3ncccc23)C[C@@H]2c3ccc(N4CC[C@@H](O)C4)cc3CN12. The molecular weight excluding hydrogens is 398 g/mol. The number of aromatic nitrogens is 1. The molecule has 32 heavy (non-hydrogen) atoms. The monoisotopic (exact) mass is 425 g/mol. The molecule has 3 aliphatic rings. The summed E-state index contributed by atoms with van der Waals surface area (Å²) in [5.74, 6) is 0. The predicted molar refractivity (Wildman–Crippen MR) is 126 cm³/mol. The molecule has 2 aromatic carbocycles. The summed E-state index contributed by atoms with van der Waals surface area (Å²) in [6.45, 7) is 6.83. The average Bonchev–Trinajstić information content (AvgIpc) is 3.41. The molecule has 6 nitrogen and oxygen atoms in total. The van der Waals surface area contributed by atoms with Gasteiger partial charge in [-0.1, -0.05) is 6.07 Å². The summed E-state index contributed by atoms with van der Waals surface area (Å²) >= 11 is 0. The number of aliphatic hydroxyl groups excluding tert-OH is 1. The number of fused-ring (bicyclic) bond motifs is 4. The van der Waals surface area contributed by atoms with Crippen LogP contribution in [0.5, 0.6) is 0 Å². The lowest BCUT2D eigenvalue weighted by Crippen LogP contribution is -2.51. The maximum atomic E-state index is 9.93. The lowest BCUT2D eigenvalue weighted by atomic mass is 9.99. The summed E-state index contributed by atoms with van der Waals surface area (Å²) in [7, 11) is 0. The highest BCUT2D eigenvalue weighted by atomic mass is 16.3. The molecule has 0 radical (unpaired) electrons. The predicted octanol–water partition coefficient (Wildman–Crippen LogP) is 3.44. The van der Waals surface area contributed by atoms with Gasteiger partial charge in [-0.2, -0.15) is 5.26 Å². The van der Waals surface area contributed by atoms with Crippen LogP contribution in [0.4, 0.5) is 11.4 Å². The number of hydrogen-bond acceptors (Lipinski definition) is 6. The quantitative estimate of drug-likeness (QED) is 0.679. The Labute approximate surface area is 188 Å². The largest absolute Gasteiger partial charge is 0.391 e. The van der Waals surface area contributed by atoms with Gasteiger partial charge < -0.3 is 14.9 Å². The smallest absolute Gasteiger partial charge is 0.101 e. The van der Waals surface area contributed by atoms with Crippen molar-refractivity contribution in [3.8, 4) is 6.07 Å². The van der Waals surface area contributed by atoms with Gasteiger partial charge in [-0.3, -0.25) is 9.88 Å². The van der Waals surface area contributed by atoms with Crippen molar-refractivity contribution >= 4 is 22.3 Å². The van der Waals surface area contributed by atoms with Crippen LogP contribution < -0.4 is 9.80 Å². The van der Waals surface area contributed by atoms with Gasteiger partial charge in [0.15, 0.2) is 0 Å².